The predicted octanol–water partition coefficient (Wildman–Crippen LogP) is 3.71. The van der Waals surface area contributed by atoms with Crippen molar-refractivity contribution in [2.24, 2.45) is 0 Å². The van der Waals surface area contributed by atoms with Crippen LogP contribution in [0.1, 0.15) is 21.5 Å². The van der Waals surface area contributed by atoms with Gasteiger partial charge in [-0.2, -0.15) is 0 Å². The summed E-state index contributed by atoms with van der Waals surface area (Å²) in [6.07, 6.45) is 0. The molecule has 0 aromatic heterocycles. The number of carboxylic acid groups (broad SMARTS) is 1. The molecule has 0 spiro atoms. The molecular weight excluding hydrogens is 277 g/mol. The van der Waals surface area contributed by atoms with Crippen molar-refractivity contribution in [2.45, 2.75) is 17.6 Å². The Morgan fingerprint density at radius 3 is 2.70 bits per heavy atom. The highest BCUT2D eigenvalue weighted by atomic mass is 32.2. The summed E-state index contributed by atoms with van der Waals surface area (Å²) in [4.78, 5) is 11.7. The molecule has 0 aliphatic rings. The maximum absolute atomic E-state index is 13.6. The largest absolute Gasteiger partial charge is 0.478 e. The van der Waals surface area contributed by atoms with Gasteiger partial charge in [0.05, 0.1) is 5.56 Å². The van der Waals surface area contributed by atoms with E-state index in [0.717, 1.165) is 16.0 Å². The van der Waals surface area contributed by atoms with Crippen LogP contribution in [0.15, 0.2) is 41.3 Å². The molecule has 0 aliphatic carbocycles. The van der Waals surface area contributed by atoms with Gasteiger partial charge in [0.25, 0.3) is 0 Å². The first-order valence-electron chi connectivity index (χ1n) is 5.98. The summed E-state index contributed by atoms with van der Waals surface area (Å²) in [6, 6.07) is 9.90. The van der Waals surface area contributed by atoms with Crippen LogP contribution >= 0.6 is 11.8 Å². The number of aryl methyl sites for hydroxylation is 1. The van der Waals surface area contributed by atoms with Crippen LogP contribution in [-0.2, 0) is 5.75 Å². The highest BCUT2D eigenvalue weighted by Gasteiger charge is 2.10. The summed E-state index contributed by atoms with van der Waals surface area (Å²) in [5.41, 5.74) is 8.07. The van der Waals surface area contributed by atoms with Gasteiger partial charge in [-0.25, -0.2) is 9.18 Å². The molecule has 3 N–H and O–H groups in total. The van der Waals surface area contributed by atoms with Crippen molar-refractivity contribution < 1.29 is 14.3 Å². The molecule has 0 unspecified atom stereocenters. The topological polar surface area (TPSA) is 63.3 Å². The number of nitrogen functional groups attached to an aromatic ring is 1. The number of hydrogen-bond donors (Lipinski definition) is 2. The Balaban J connectivity index is 2.13. The number of aromatic carboxylic acids is 1. The molecule has 104 valence electrons. The highest BCUT2D eigenvalue weighted by molar-refractivity contribution is 7.98. The molecule has 2 rings (SSSR count). The van der Waals surface area contributed by atoms with Gasteiger partial charge in [-0.15, -0.1) is 11.8 Å². The number of benzene rings is 2. The molecule has 5 heteroatoms. The van der Waals surface area contributed by atoms with E-state index in [1.54, 1.807) is 6.07 Å². The fourth-order valence-corrected chi connectivity index (χ4v) is 2.76. The van der Waals surface area contributed by atoms with Gasteiger partial charge in [0.1, 0.15) is 5.82 Å². The van der Waals surface area contributed by atoms with Crippen LogP contribution in [0.2, 0.25) is 0 Å². The number of nitrogens with two attached hydrogens (primary N) is 1. The zero-order chi connectivity index (χ0) is 14.7. The zero-order valence-corrected chi connectivity index (χ0v) is 11.7. The van der Waals surface area contributed by atoms with Crippen LogP contribution in [0.4, 0.5) is 10.1 Å². The molecule has 0 aliphatic heterocycles. The number of anilines is 1. The molecule has 2 aromatic carbocycles. The molecule has 0 bridgehead atoms. The lowest BCUT2D eigenvalue weighted by Gasteiger charge is -2.07. The van der Waals surface area contributed by atoms with Crippen molar-refractivity contribution in [3.05, 3.63) is 58.9 Å². The van der Waals surface area contributed by atoms with E-state index in [1.807, 2.05) is 25.1 Å². The minimum Gasteiger partial charge on any atom is -0.478 e. The fourth-order valence-electron chi connectivity index (χ4n) is 1.75. The van der Waals surface area contributed by atoms with Gasteiger partial charge >= 0.3 is 5.97 Å². The van der Waals surface area contributed by atoms with Crippen LogP contribution in [-0.4, -0.2) is 11.1 Å². The van der Waals surface area contributed by atoms with Crippen LogP contribution in [0.25, 0.3) is 0 Å². The number of hydrogen-bond acceptors (Lipinski definition) is 3. The average Bonchev–Trinajstić information content (AvgIpc) is 2.39. The van der Waals surface area contributed by atoms with Gasteiger partial charge in [0.2, 0.25) is 0 Å². The first-order chi connectivity index (χ1) is 9.47. The Bertz CT molecular complexity index is 658. The van der Waals surface area contributed by atoms with E-state index in [4.69, 9.17) is 10.8 Å². The Kier molecular flexibility index (Phi) is 4.29. The quantitative estimate of drug-likeness (QED) is 0.666. The van der Waals surface area contributed by atoms with Gasteiger partial charge in [0, 0.05) is 16.3 Å². The van der Waals surface area contributed by atoms with Gasteiger partial charge < -0.3 is 10.8 Å². The number of thioether (sulfide) groups is 1. The second-order valence-corrected chi connectivity index (χ2v) is 5.47. The molecule has 20 heavy (non-hydrogen) atoms. The van der Waals surface area contributed by atoms with Crippen LogP contribution < -0.4 is 5.73 Å². The van der Waals surface area contributed by atoms with Crippen molar-refractivity contribution in [3.8, 4) is 0 Å². The fraction of sp³-hybridized carbons (Fsp3) is 0.133. The lowest BCUT2D eigenvalue weighted by atomic mass is 10.1. The second-order valence-electron chi connectivity index (χ2n) is 4.45. The van der Waals surface area contributed by atoms with Gasteiger partial charge in [-0.05, 0) is 42.3 Å². The number of carbonyl (C=O) groups is 1. The average molecular weight is 291 g/mol. The summed E-state index contributed by atoms with van der Waals surface area (Å²) < 4.78 is 13.6. The smallest absolute Gasteiger partial charge is 0.338 e. The van der Waals surface area contributed by atoms with E-state index in [2.05, 4.69) is 0 Å². The summed E-state index contributed by atoms with van der Waals surface area (Å²) in [6.45, 7) is 1.98. The Hall–Kier alpha value is -2.01. The second kappa shape index (κ2) is 5.96. The van der Waals surface area contributed by atoms with Crippen molar-refractivity contribution in [1.29, 1.82) is 0 Å². The van der Waals surface area contributed by atoms with Crippen molar-refractivity contribution in [1.82, 2.24) is 0 Å². The molecule has 0 saturated heterocycles. The molecule has 0 atom stereocenters. The number of halogens is 1. The standard InChI is InChI=1S/C15H14FNO2S/c1-9-2-5-13(17)14(6-9)20-8-10-3-4-11(15(18)19)12(16)7-10/h2-7H,8,17H2,1H3,(H,18,19). The summed E-state index contributed by atoms with van der Waals surface area (Å²) in [5.74, 6) is -1.44. The van der Waals surface area contributed by atoms with E-state index in [1.165, 1.54) is 23.9 Å². The van der Waals surface area contributed by atoms with Crippen molar-refractivity contribution in [3.63, 3.8) is 0 Å². The lowest BCUT2D eigenvalue weighted by molar-refractivity contribution is 0.0692. The maximum atomic E-state index is 13.6. The van der Waals surface area contributed by atoms with E-state index in [-0.39, 0.29) is 5.56 Å². The summed E-state index contributed by atoms with van der Waals surface area (Å²) >= 11 is 1.50. The zero-order valence-electron chi connectivity index (χ0n) is 10.9. The van der Waals surface area contributed by atoms with Gasteiger partial charge in [0.15, 0.2) is 0 Å². The molecule has 0 radical (unpaired) electrons. The third kappa shape index (κ3) is 3.30. The minimum atomic E-state index is -1.26. The molecule has 0 fully saturated rings. The van der Waals surface area contributed by atoms with Gasteiger partial charge in [-0.1, -0.05) is 12.1 Å². The Morgan fingerprint density at radius 2 is 2.05 bits per heavy atom. The highest BCUT2D eigenvalue weighted by Crippen LogP contribution is 2.29. The molecule has 2 aromatic rings. The van der Waals surface area contributed by atoms with Gasteiger partial charge in [-0.3, -0.25) is 0 Å². The summed E-state index contributed by atoms with van der Waals surface area (Å²) in [5, 5.41) is 8.77. The minimum absolute atomic E-state index is 0.311. The third-order valence-corrected chi connectivity index (χ3v) is 3.97. The molecule has 0 saturated carbocycles. The number of rotatable bonds is 4. The summed E-state index contributed by atoms with van der Waals surface area (Å²) in [7, 11) is 0. The molecular formula is C15H14FNO2S. The molecule has 0 heterocycles. The van der Waals surface area contributed by atoms with Crippen LogP contribution in [0, 0.1) is 12.7 Å². The van der Waals surface area contributed by atoms with Crippen LogP contribution in [0.5, 0.6) is 0 Å². The van der Waals surface area contributed by atoms with E-state index in [9.17, 15) is 9.18 Å². The third-order valence-electron chi connectivity index (χ3n) is 2.83. The normalized spacial score (nSPS) is 10.5. The van der Waals surface area contributed by atoms with E-state index in [0.29, 0.717) is 11.4 Å². The van der Waals surface area contributed by atoms with Crippen molar-refractivity contribution in [2.75, 3.05) is 5.73 Å². The van der Waals surface area contributed by atoms with E-state index < -0.39 is 11.8 Å². The Labute approximate surface area is 120 Å². The SMILES string of the molecule is Cc1ccc(N)c(SCc2ccc(C(=O)O)c(F)c2)c1. The lowest BCUT2D eigenvalue weighted by Crippen LogP contribution is -2.00. The molecule has 3 nitrogen and oxygen atoms in total. The van der Waals surface area contributed by atoms with Crippen LogP contribution in [0.3, 0.4) is 0 Å². The molecule has 0 amide bonds. The monoisotopic (exact) mass is 291 g/mol. The predicted molar refractivity (Wildman–Crippen MR) is 78.5 cm³/mol. The van der Waals surface area contributed by atoms with E-state index >= 15 is 0 Å². The first-order valence-corrected chi connectivity index (χ1v) is 6.96. The maximum Gasteiger partial charge on any atom is 0.338 e. The Morgan fingerprint density at radius 1 is 1.30 bits per heavy atom. The first kappa shape index (κ1) is 14.4. The van der Waals surface area contributed by atoms with Crippen molar-refractivity contribution >= 4 is 23.4 Å². The number of carboxylic acids is 1.